The minimum atomic E-state index is -0.501. The highest BCUT2D eigenvalue weighted by atomic mass is 16.5. The number of amides is 1. The van der Waals surface area contributed by atoms with E-state index in [9.17, 15) is 9.59 Å². The molecule has 9 nitrogen and oxygen atoms in total. The maximum Gasteiger partial charge on any atom is 0.407 e. The van der Waals surface area contributed by atoms with Gasteiger partial charge in [0, 0.05) is 11.9 Å². The van der Waals surface area contributed by atoms with Crippen molar-refractivity contribution in [1.82, 2.24) is 15.3 Å². The summed E-state index contributed by atoms with van der Waals surface area (Å²) in [6.45, 7) is 3.05. The fraction of sp³-hybridized carbons (Fsp3) is 0.280. The number of rotatable bonds is 7. The van der Waals surface area contributed by atoms with Gasteiger partial charge in [-0.3, -0.25) is 4.79 Å². The zero-order valence-electron chi connectivity index (χ0n) is 18.6. The lowest BCUT2D eigenvalue weighted by Gasteiger charge is -2.24. The van der Waals surface area contributed by atoms with Crippen LogP contribution in [0.1, 0.15) is 17.8 Å². The average molecular weight is 460 g/mol. The van der Waals surface area contributed by atoms with Crippen molar-refractivity contribution < 1.29 is 23.5 Å². The van der Waals surface area contributed by atoms with Crippen LogP contribution in [-0.2, 0) is 20.9 Å². The first kappa shape index (κ1) is 21.7. The highest BCUT2D eigenvalue weighted by Crippen LogP contribution is 2.35. The molecule has 1 N–H and O–H groups in total. The summed E-state index contributed by atoms with van der Waals surface area (Å²) in [5.74, 6) is 1.21. The molecule has 2 aromatic carbocycles. The van der Waals surface area contributed by atoms with Crippen molar-refractivity contribution in [2.24, 2.45) is 0 Å². The molecule has 4 aromatic rings. The summed E-state index contributed by atoms with van der Waals surface area (Å²) < 4.78 is 16.6. The van der Waals surface area contributed by atoms with Crippen LogP contribution in [-0.4, -0.2) is 47.8 Å². The van der Waals surface area contributed by atoms with Gasteiger partial charge in [-0.2, -0.15) is 0 Å². The molecule has 1 aliphatic heterocycles. The van der Waals surface area contributed by atoms with E-state index in [0.29, 0.717) is 36.7 Å². The van der Waals surface area contributed by atoms with E-state index in [1.165, 1.54) is 0 Å². The largest absolute Gasteiger partial charge is 0.466 e. The van der Waals surface area contributed by atoms with Gasteiger partial charge in [-0.15, -0.1) is 0 Å². The number of hydrogen-bond acceptors (Lipinski definition) is 8. The van der Waals surface area contributed by atoms with Gasteiger partial charge in [-0.05, 0) is 31.0 Å². The average Bonchev–Trinajstić information content (AvgIpc) is 3.42. The molecule has 3 heterocycles. The Labute approximate surface area is 195 Å². The topological polar surface area (TPSA) is 107 Å². The van der Waals surface area contributed by atoms with Crippen LogP contribution >= 0.6 is 0 Å². The normalized spacial score (nSPS) is 17.7. The molecule has 0 unspecified atom stereocenters. The van der Waals surface area contributed by atoms with Crippen LogP contribution in [0.25, 0.3) is 22.1 Å². The number of hydrogen-bond donors (Lipinski definition) is 1. The molecule has 0 bridgehead atoms. The maximum atomic E-state index is 12.4. The number of nitrogens with zero attached hydrogens (tertiary/aromatic N) is 3. The van der Waals surface area contributed by atoms with Gasteiger partial charge in [0.15, 0.2) is 11.4 Å². The predicted octanol–water partition coefficient (Wildman–Crippen LogP) is 3.73. The molecule has 9 heteroatoms. The van der Waals surface area contributed by atoms with Gasteiger partial charge in [0.1, 0.15) is 30.1 Å². The summed E-state index contributed by atoms with van der Waals surface area (Å²) in [6.07, 6.45) is 0.0532. The zero-order valence-corrected chi connectivity index (χ0v) is 18.6. The summed E-state index contributed by atoms with van der Waals surface area (Å²) in [4.78, 5) is 34.6. The first-order valence-corrected chi connectivity index (χ1v) is 11.1. The second-order valence-corrected chi connectivity index (χ2v) is 8.24. The molecule has 0 radical (unpaired) electrons. The number of para-hydroxylation sites is 1. The van der Waals surface area contributed by atoms with Gasteiger partial charge in [0.25, 0.3) is 6.47 Å². The quantitative estimate of drug-likeness (QED) is 0.416. The molecule has 5 rings (SSSR count). The number of alkyl carbamates (subject to hydrolysis) is 1. The minimum absolute atomic E-state index is 0.158. The number of aryl methyl sites for hydroxylation is 1. The zero-order chi connectivity index (χ0) is 23.5. The summed E-state index contributed by atoms with van der Waals surface area (Å²) in [5, 5.41) is 3.83. The van der Waals surface area contributed by atoms with Crippen LogP contribution in [0.2, 0.25) is 0 Å². The Bertz CT molecular complexity index is 1320. The third kappa shape index (κ3) is 4.36. The summed E-state index contributed by atoms with van der Waals surface area (Å²) in [7, 11) is 0. The second-order valence-electron chi connectivity index (χ2n) is 8.24. The van der Waals surface area contributed by atoms with Crippen molar-refractivity contribution in [3.05, 3.63) is 66.0 Å². The molecule has 1 aliphatic rings. The van der Waals surface area contributed by atoms with Crippen LogP contribution in [0.15, 0.2) is 59.0 Å². The molecule has 0 aliphatic carbocycles. The number of carbonyl (C=O) groups excluding carboxylic acids is 2. The smallest absolute Gasteiger partial charge is 0.407 e. The molecule has 1 amide bonds. The Hall–Kier alpha value is -4.14. The van der Waals surface area contributed by atoms with Crippen LogP contribution in [0.4, 0.5) is 10.6 Å². The highest BCUT2D eigenvalue weighted by molar-refractivity contribution is 6.05. The Morgan fingerprint density at radius 1 is 1.18 bits per heavy atom. The van der Waals surface area contributed by atoms with E-state index in [1.807, 2.05) is 66.4 Å². The second kappa shape index (κ2) is 9.38. The van der Waals surface area contributed by atoms with Gasteiger partial charge in [0.2, 0.25) is 0 Å². The van der Waals surface area contributed by atoms with Crippen molar-refractivity contribution in [3.63, 3.8) is 0 Å². The SMILES string of the molecule is Cc1nc(N2C[C@@H](NC(=O)OCc3ccccc3)C[C@H]2COC=O)c2oc3ccccc3c2n1. The first-order chi connectivity index (χ1) is 16.6. The lowest BCUT2D eigenvalue weighted by atomic mass is 10.2. The third-order valence-corrected chi connectivity index (χ3v) is 5.89. The van der Waals surface area contributed by atoms with Crippen molar-refractivity contribution in [2.75, 3.05) is 18.1 Å². The number of furan rings is 1. The van der Waals surface area contributed by atoms with E-state index in [-0.39, 0.29) is 25.3 Å². The van der Waals surface area contributed by atoms with Crippen LogP contribution in [0.5, 0.6) is 0 Å². The van der Waals surface area contributed by atoms with E-state index in [0.717, 1.165) is 22.0 Å². The van der Waals surface area contributed by atoms with Gasteiger partial charge < -0.3 is 24.1 Å². The number of aromatic nitrogens is 2. The summed E-state index contributed by atoms with van der Waals surface area (Å²) >= 11 is 0. The molecular formula is C25H24N4O5. The lowest BCUT2D eigenvalue weighted by Crippen LogP contribution is -2.38. The van der Waals surface area contributed by atoms with Crippen molar-refractivity contribution in [1.29, 1.82) is 0 Å². The van der Waals surface area contributed by atoms with E-state index >= 15 is 0 Å². The van der Waals surface area contributed by atoms with Crippen molar-refractivity contribution in [2.45, 2.75) is 32.0 Å². The molecule has 2 atom stereocenters. The molecule has 2 aromatic heterocycles. The predicted molar refractivity (Wildman–Crippen MR) is 125 cm³/mol. The number of fused-ring (bicyclic) bond motifs is 3. The van der Waals surface area contributed by atoms with Crippen LogP contribution < -0.4 is 10.2 Å². The summed E-state index contributed by atoms with van der Waals surface area (Å²) in [5.41, 5.74) is 2.92. The number of ether oxygens (including phenoxy) is 2. The molecular weight excluding hydrogens is 436 g/mol. The number of benzene rings is 2. The maximum absolute atomic E-state index is 12.4. The van der Waals surface area contributed by atoms with Crippen molar-refractivity contribution in [3.8, 4) is 0 Å². The molecule has 1 fully saturated rings. The first-order valence-electron chi connectivity index (χ1n) is 11.1. The Balaban J connectivity index is 1.38. The number of nitrogens with one attached hydrogen (secondary N) is 1. The Kier molecular flexibility index (Phi) is 5.99. The molecule has 0 spiro atoms. The molecule has 0 saturated carbocycles. The van der Waals surface area contributed by atoms with E-state index in [2.05, 4.69) is 15.3 Å². The van der Waals surface area contributed by atoms with Gasteiger partial charge in [-0.1, -0.05) is 42.5 Å². The van der Waals surface area contributed by atoms with Crippen LogP contribution in [0, 0.1) is 6.92 Å². The standard InChI is InChI=1S/C25H24N4O5/c1-16-26-22-20-9-5-6-10-21(20)34-23(22)24(27-16)29-12-18(11-19(29)14-32-15-30)28-25(31)33-13-17-7-3-2-4-8-17/h2-10,15,18-19H,11-14H2,1H3,(H,28,31)/t18-,19-/m0/s1. The van der Waals surface area contributed by atoms with Crippen molar-refractivity contribution >= 4 is 40.5 Å². The Morgan fingerprint density at radius 3 is 2.79 bits per heavy atom. The van der Waals surface area contributed by atoms with E-state index in [1.54, 1.807) is 0 Å². The highest BCUT2D eigenvalue weighted by Gasteiger charge is 2.36. The minimum Gasteiger partial charge on any atom is -0.466 e. The van der Waals surface area contributed by atoms with Gasteiger partial charge in [-0.25, -0.2) is 14.8 Å². The molecule has 174 valence electrons. The van der Waals surface area contributed by atoms with E-state index in [4.69, 9.17) is 13.9 Å². The number of anilines is 1. The summed E-state index contributed by atoms with van der Waals surface area (Å²) in [6, 6.07) is 16.8. The fourth-order valence-corrected chi connectivity index (χ4v) is 4.40. The van der Waals surface area contributed by atoms with Gasteiger partial charge in [0.05, 0.1) is 12.1 Å². The fourth-order valence-electron chi connectivity index (χ4n) is 4.40. The monoisotopic (exact) mass is 460 g/mol. The van der Waals surface area contributed by atoms with Crippen LogP contribution in [0.3, 0.4) is 0 Å². The number of carbonyl (C=O) groups is 2. The third-order valence-electron chi connectivity index (χ3n) is 5.89. The van der Waals surface area contributed by atoms with Gasteiger partial charge >= 0.3 is 6.09 Å². The van der Waals surface area contributed by atoms with E-state index < -0.39 is 6.09 Å². The molecule has 34 heavy (non-hydrogen) atoms. The Morgan fingerprint density at radius 2 is 1.97 bits per heavy atom. The molecule has 1 saturated heterocycles. The lowest BCUT2D eigenvalue weighted by molar-refractivity contribution is -0.129.